The molecule has 3 aromatic carbocycles. The van der Waals surface area contributed by atoms with Crippen molar-refractivity contribution < 1.29 is 47.9 Å². The van der Waals surface area contributed by atoms with Gasteiger partial charge in [-0.15, -0.1) is 9.89 Å². The van der Waals surface area contributed by atoms with Gasteiger partial charge in [0, 0.05) is 35.4 Å². The monoisotopic (exact) mass is 621 g/mol. The van der Waals surface area contributed by atoms with E-state index in [9.17, 15) is 18.3 Å². The molecule has 1 aromatic heterocycles. The molecule has 0 aliphatic carbocycles. The summed E-state index contributed by atoms with van der Waals surface area (Å²) < 4.78 is 28.1. The fourth-order valence-corrected chi connectivity index (χ4v) is 5.75. The number of aromatic carboxylic acids is 1. The summed E-state index contributed by atoms with van der Waals surface area (Å²) in [6, 6.07) is 19.6. The van der Waals surface area contributed by atoms with Gasteiger partial charge in [-0.05, 0) is 80.1 Å². The van der Waals surface area contributed by atoms with Crippen molar-refractivity contribution >= 4 is 44.5 Å². The number of carbonyl (C=O) groups excluding carboxylic acids is 1. The molecule has 0 amide bonds. The average molecular weight is 622 g/mol. The van der Waals surface area contributed by atoms with Crippen LogP contribution in [0.4, 0.5) is 17.1 Å². The maximum atomic E-state index is 12.8. The zero-order valence-electron chi connectivity index (χ0n) is 25.6. The Hall–Kier alpha value is -3.84. The Labute approximate surface area is 279 Å². The Bertz CT molecular complexity index is 1840. The van der Waals surface area contributed by atoms with Gasteiger partial charge >= 0.3 is 29.6 Å². The zero-order valence-corrected chi connectivity index (χ0v) is 28.4. The van der Waals surface area contributed by atoms with Crippen LogP contribution in [0, 0.1) is 5.41 Å². The summed E-state index contributed by atoms with van der Waals surface area (Å²) in [7, 11) is -4.02. The number of sulfonamides is 1. The Morgan fingerprint density at radius 3 is 2.25 bits per heavy atom. The molecule has 222 valence electrons. The molecule has 0 fully saturated rings. The number of rotatable bonds is 9. The number of carboxylic acids is 1. The molecule has 1 N–H and O–H groups in total. The number of nitrogens with one attached hydrogen (secondary N) is 1. The van der Waals surface area contributed by atoms with Gasteiger partial charge in [-0.3, -0.25) is 4.72 Å². The number of aromatic nitrogens is 3. The van der Waals surface area contributed by atoms with E-state index in [-0.39, 0.29) is 51.1 Å². The van der Waals surface area contributed by atoms with Crippen molar-refractivity contribution in [3.8, 4) is 11.4 Å². The minimum Gasteiger partial charge on any atom is -0.545 e. The second kappa shape index (κ2) is 13.0. The van der Waals surface area contributed by atoms with E-state index >= 15 is 0 Å². The summed E-state index contributed by atoms with van der Waals surface area (Å²) in [4.78, 5) is 24.4. The predicted octanol–water partition coefficient (Wildman–Crippen LogP) is 1.34. The maximum Gasteiger partial charge on any atom is 1.00 e. The molecule has 5 rings (SSSR count). The van der Waals surface area contributed by atoms with Crippen molar-refractivity contribution in [1.82, 2.24) is 14.9 Å². The number of carboxylic acid groups (broad SMARTS) is 1. The number of fused-ring (bicyclic) bond motifs is 1. The van der Waals surface area contributed by atoms with E-state index in [0.29, 0.717) is 22.9 Å². The van der Waals surface area contributed by atoms with E-state index in [1.807, 2.05) is 12.1 Å². The average Bonchev–Trinajstić information content (AvgIpc) is 3.54. The van der Waals surface area contributed by atoms with Crippen LogP contribution in [0.5, 0.6) is 0 Å². The van der Waals surface area contributed by atoms with Crippen molar-refractivity contribution in [1.29, 1.82) is 0 Å². The van der Waals surface area contributed by atoms with Gasteiger partial charge in [-0.2, -0.15) is 5.10 Å². The van der Waals surface area contributed by atoms with Crippen LogP contribution < -0.4 is 44.3 Å². The SMILES string of the molecule is CCN(CC)c1ccc(N=C2C(C(C)(C)C)=Nn3nc(-c4ccc(NS(=O)(=O)c5cccc(C(=O)[O-])c5)cc4)nc32)cc1.[Na+]. The third kappa shape index (κ3) is 6.94. The van der Waals surface area contributed by atoms with Crippen LogP contribution in [0.2, 0.25) is 0 Å². The molecule has 1 aliphatic rings. The molecule has 0 atom stereocenters. The van der Waals surface area contributed by atoms with Crippen LogP contribution in [-0.4, -0.2) is 53.8 Å². The summed E-state index contributed by atoms with van der Waals surface area (Å²) in [5.41, 5.74) is 3.74. The smallest absolute Gasteiger partial charge is 0.545 e. The minimum absolute atomic E-state index is 0. The first-order valence-electron chi connectivity index (χ1n) is 13.8. The molecule has 2 heterocycles. The number of carbonyl (C=O) groups is 1. The van der Waals surface area contributed by atoms with E-state index < -0.39 is 16.0 Å². The number of nitrogens with zero attached hydrogens (tertiary/aromatic N) is 6. The molecule has 0 saturated heterocycles. The van der Waals surface area contributed by atoms with Gasteiger partial charge in [-0.25, -0.2) is 18.4 Å². The molecular formula is C31H32N7NaO4S. The van der Waals surface area contributed by atoms with Gasteiger partial charge in [0.25, 0.3) is 10.0 Å². The van der Waals surface area contributed by atoms with Crippen molar-refractivity contribution in [3.05, 3.63) is 84.2 Å². The molecule has 44 heavy (non-hydrogen) atoms. The third-order valence-electron chi connectivity index (χ3n) is 6.93. The van der Waals surface area contributed by atoms with Crippen molar-refractivity contribution in [2.45, 2.75) is 39.5 Å². The van der Waals surface area contributed by atoms with Gasteiger partial charge in [-0.1, -0.05) is 32.9 Å². The van der Waals surface area contributed by atoms with E-state index in [1.165, 1.54) is 23.0 Å². The molecular weight excluding hydrogens is 589 g/mol. The number of aliphatic imine (C=N–C) groups is 1. The number of hydrogen-bond acceptors (Lipinski definition) is 9. The summed E-state index contributed by atoms with van der Waals surface area (Å²) in [5.74, 6) is -0.529. The summed E-state index contributed by atoms with van der Waals surface area (Å²) in [5, 5.41) is 20.4. The van der Waals surface area contributed by atoms with Gasteiger partial charge in [0.2, 0.25) is 5.82 Å². The summed E-state index contributed by atoms with van der Waals surface area (Å²) in [6.45, 7) is 12.3. The second-order valence-corrected chi connectivity index (χ2v) is 12.7. The van der Waals surface area contributed by atoms with Crippen LogP contribution in [0.15, 0.2) is 87.8 Å². The number of benzene rings is 3. The Kier molecular flexibility index (Phi) is 9.79. The van der Waals surface area contributed by atoms with E-state index in [2.05, 4.69) is 61.5 Å². The third-order valence-corrected chi connectivity index (χ3v) is 8.31. The molecule has 1 aliphatic heterocycles. The molecule has 11 nitrogen and oxygen atoms in total. The van der Waals surface area contributed by atoms with Gasteiger partial charge in [0.1, 0.15) is 5.71 Å². The van der Waals surface area contributed by atoms with E-state index in [1.54, 1.807) is 24.3 Å². The standard InChI is InChI=1S/C31H33N7O4S.Na/c1-6-37(7-2)24-17-15-22(16-18-24)32-26-27(31(3,4)5)34-38-29(26)33-28(35-38)20-11-13-23(14-12-20)36-43(41,42)25-10-8-9-21(19-25)30(39)40;/h8-19,36H,6-7H2,1-5H3,(H,39,40);/q;+1/p-1. The van der Waals surface area contributed by atoms with Crippen molar-refractivity contribution in [3.63, 3.8) is 0 Å². The minimum atomic E-state index is -4.02. The Morgan fingerprint density at radius 1 is 1.00 bits per heavy atom. The Morgan fingerprint density at radius 2 is 1.66 bits per heavy atom. The van der Waals surface area contributed by atoms with Crippen molar-refractivity contribution in [2.24, 2.45) is 15.5 Å². The van der Waals surface area contributed by atoms with Gasteiger partial charge in [0.15, 0.2) is 5.82 Å². The molecule has 0 unspecified atom stereocenters. The quantitative estimate of drug-likeness (QED) is 0.278. The molecule has 0 bridgehead atoms. The van der Waals surface area contributed by atoms with Crippen LogP contribution >= 0.6 is 0 Å². The van der Waals surface area contributed by atoms with E-state index in [0.717, 1.165) is 36.2 Å². The van der Waals surface area contributed by atoms with Crippen molar-refractivity contribution in [2.75, 3.05) is 22.7 Å². The first-order chi connectivity index (χ1) is 20.4. The topological polar surface area (TPSA) is 145 Å². The maximum absolute atomic E-state index is 12.8. The molecule has 13 heteroatoms. The fraction of sp³-hybridized carbons (Fsp3) is 0.258. The van der Waals surface area contributed by atoms with Gasteiger partial charge < -0.3 is 14.8 Å². The molecule has 0 radical (unpaired) electrons. The molecule has 4 aromatic rings. The van der Waals surface area contributed by atoms with Crippen LogP contribution in [0.3, 0.4) is 0 Å². The van der Waals surface area contributed by atoms with Crippen LogP contribution in [0.1, 0.15) is 50.8 Å². The molecule has 0 spiro atoms. The van der Waals surface area contributed by atoms with Crippen LogP contribution in [0.25, 0.3) is 11.4 Å². The Balaban J connectivity index is 0.00000442. The summed E-state index contributed by atoms with van der Waals surface area (Å²) >= 11 is 0. The van der Waals surface area contributed by atoms with E-state index in [4.69, 9.17) is 15.1 Å². The summed E-state index contributed by atoms with van der Waals surface area (Å²) in [6.07, 6.45) is 0. The zero-order chi connectivity index (χ0) is 30.9. The second-order valence-electron chi connectivity index (χ2n) is 11.0. The normalized spacial score (nSPS) is 13.7. The number of anilines is 2. The largest absolute Gasteiger partial charge is 1.00 e. The van der Waals surface area contributed by atoms with Gasteiger partial charge in [0.05, 0.1) is 22.3 Å². The predicted molar refractivity (Wildman–Crippen MR) is 166 cm³/mol. The first kappa shape index (κ1) is 33.1. The number of hydrogen-bond donors (Lipinski definition) is 1. The fourth-order valence-electron chi connectivity index (χ4n) is 4.65. The molecule has 0 saturated carbocycles. The first-order valence-corrected chi connectivity index (χ1v) is 15.3. The van der Waals surface area contributed by atoms with Crippen LogP contribution in [-0.2, 0) is 10.0 Å².